The maximum Gasteiger partial charge on any atom is 0.330 e. The van der Waals surface area contributed by atoms with Crippen molar-refractivity contribution in [1.29, 1.82) is 0 Å². The van der Waals surface area contributed by atoms with Crippen molar-refractivity contribution in [3.05, 3.63) is 56.7 Å². The average molecular weight is 472 g/mol. The molecule has 1 saturated heterocycles. The molecular weight excluding hydrogens is 434 g/mol. The fourth-order valence-electron chi connectivity index (χ4n) is 4.50. The Morgan fingerprint density at radius 3 is 2.50 bits per heavy atom. The van der Waals surface area contributed by atoms with Crippen LogP contribution in [0.2, 0.25) is 0 Å². The van der Waals surface area contributed by atoms with Gasteiger partial charge in [0.05, 0.1) is 13.2 Å². The Hall–Kier alpha value is -2.91. The zero-order valence-electron chi connectivity index (χ0n) is 20.5. The van der Waals surface area contributed by atoms with E-state index in [0.717, 1.165) is 32.4 Å². The molecule has 2 aromatic rings. The Kier molecular flexibility index (Phi) is 9.06. The van der Waals surface area contributed by atoms with Crippen molar-refractivity contribution in [2.24, 2.45) is 11.8 Å². The lowest BCUT2D eigenvalue weighted by Crippen LogP contribution is -2.48. The van der Waals surface area contributed by atoms with Crippen LogP contribution in [0.4, 0.5) is 11.5 Å². The summed E-state index contributed by atoms with van der Waals surface area (Å²) in [4.78, 5) is 44.2. The Bertz CT molecular complexity index is 1060. The lowest BCUT2D eigenvalue weighted by atomic mass is 9.90. The number of H-pyrrole nitrogens is 1. The van der Waals surface area contributed by atoms with Gasteiger partial charge in [-0.25, -0.2) is 4.79 Å². The number of carbonyl (C=O) groups excluding carboxylic acids is 1. The van der Waals surface area contributed by atoms with Crippen molar-refractivity contribution in [3.8, 4) is 0 Å². The van der Waals surface area contributed by atoms with E-state index in [1.54, 1.807) is 0 Å². The number of piperidine rings is 1. The second-order valence-corrected chi connectivity index (χ2v) is 9.44. The number of aromatic nitrogens is 2. The van der Waals surface area contributed by atoms with Gasteiger partial charge in [-0.15, -0.1) is 0 Å². The van der Waals surface area contributed by atoms with Crippen molar-refractivity contribution in [3.63, 3.8) is 0 Å². The van der Waals surface area contributed by atoms with Crippen LogP contribution < -0.4 is 21.9 Å². The van der Waals surface area contributed by atoms with Crippen molar-refractivity contribution in [1.82, 2.24) is 14.5 Å². The normalized spacial score (nSPS) is 15.1. The third-order valence-electron chi connectivity index (χ3n) is 6.29. The van der Waals surface area contributed by atoms with Crippen molar-refractivity contribution in [2.75, 3.05) is 50.5 Å². The van der Waals surface area contributed by atoms with E-state index >= 15 is 0 Å². The Morgan fingerprint density at radius 1 is 1.21 bits per heavy atom. The number of methoxy groups -OCH3 is 1. The van der Waals surface area contributed by atoms with Crippen molar-refractivity contribution < 1.29 is 9.53 Å². The second kappa shape index (κ2) is 12.0. The summed E-state index contributed by atoms with van der Waals surface area (Å²) in [6.07, 6.45) is 3.08. The van der Waals surface area contributed by atoms with Gasteiger partial charge in [-0.3, -0.25) is 24.0 Å². The summed E-state index contributed by atoms with van der Waals surface area (Å²) in [5, 5.41) is 0. The summed E-state index contributed by atoms with van der Waals surface area (Å²) < 4.78 is 6.50. The summed E-state index contributed by atoms with van der Waals surface area (Å²) in [6, 6.07) is 10.5. The highest BCUT2D eigenvalue weighted by atomic mass is 16.5. The maximum atomic E-state index is 13.3. The summed E-state index contributed by atoms with van der Waals surface area (Å²) in [5.41, 5.74) is 6.39. The summed E-state index contributed by atoms with van der Waals surface area (Å²) in [6.45, 7) is 6.48. The van der Waals surface area contributed by atoms with E-state index in [4.69, 9.17) is 10.5 Å². The number of nitrogens with one attached hydrogen (secondary N) is 1. The molecular formula is C25H37N5O4. The number of benzene rings is 1. The third-order valence-corrected chi connectivity index (χ3v) is 6.29. The molecule has 34 heavy (non-hydrogen) atoms. The van der Waals surface area contributed by atoms with Crippen LogP contribution >= 0.6 is 0 Å². The first-order valence-corrected chi connectivity index (χ1v) is 12.0. The van der Waals surface area contributed by atoms with E-state index in [0.29, 0.717) is 12.5 Å². The van der Waals surface area contributed by atoms with Gasteiger partial charge in [-0.2, -0.15) is 0 Å². The molecule has 3 rings (SSSR count). The average Bonchev–Trinajstić information content (AvgIpc) is 2.80. The molecule has 1 aliphatic heterocycles. The van der Waals surface area contributed by atoms with Crippen LogP contribution in [-0.4, -0.2) is 60.3 Å². The molecule has 0 spiro atoms. The summed E-state index contributed by atoms with van der Waals surface area (Å²) in [7, 11) is 1.54. The minimum Gasteiger partial charge on any atom is -0.383 e. The Balaban J connectivity index is 1.72. The third kappa shape index (κ3) is 6.57. The number of amides is 1. The molecule has 1 aliphatic rings. The van der Waals surface area contributed by atoms with E-state index in [1.165, 1.54) is 22.1 Å². The van der Waals surface area contributed by atoms with Gasteiger partial charge < -0.3 is 15.4 Å². The minimum absolute atomic E-state index is 0.00784. The van der Waals surface area contributed by atoms with E-state index in [1.807, 2.05) is 19.9 Å². The van der Waals surface area contributed by atoms with E-state index in [-0.39, 0.29) is 43.0 Å². The second-order valence-electron chi connectivity index (χ2n) is 9.44. The number of hydrogen-bond donors (Lipinski definition) is 2. The number of nitrogen functional groups attached to an aromatic ring is 1. The Labute approximate surface area is 200 Å². The van der Waals surface area contributed by atoms with Gasteiger partial charge in [0.1, 0.15) is 5.82 Å². The van der Waals surface area contributed by atoms with Crippen LogP contribution in [0.5, 0.6) is 0 Å². The highest BCUT2D eigenvalue weighted by Crippen LogP contribution is 2.23. The fourth-order valence-corrected chi connectivity index (χ4v) is 4.50. The highest BCUT2D eigenvalue weighted by Gasteiger charge is 2.27. The topological polar surface area (TPSA) is 114 Å². The first kappa shape index (κ1) is 25.7. The monoisotopic (exact) mass is 471 g/mol. The molecule has 1 amide bonds. The van der Waals surface area contributed by atoms with E-state index in [2.05, 4.69) is 34.1 Å². The summed E-state index contributed by atoms with van der Waals surface area (Å²) >= 11 is 0. The fraction of sp³-hybridized carbons (Fsp3) is 0.560. The van der Waals surface area contributed by atoms with Gasteiger partial charge in [0.2, 0.25) is 5.91 Å². The number of ether oxygens (including phenoxy) is 1. The van der Waals surface area contributed by atoms with Gasteiger partial charge >= 0.3 is 5.69 Å². The van der Waals surface area contributed by atoms with Crippen LogP contribution in [0.1, 0.15) is 32.3 Å². The molecule has 1 aromatic heterocycles. The number of rotatable bonds is 10. The van der Waals surface area contributed by atoms with Crippen LogP contribution in [0.3, 0.4) is 0 Å². The van der Waals surface area contributed by atoms with Gasteiger partial charge in [0, 0.05) is 20.2 Å². The van der Waals surface area contributed by atoms with Crippen LogP contribution in [-0.2, 0) is 22.5 Å². The lowest BCUT2D eigenvalue weighted by molar-refractivity contribution is -0.120. The number of nitrogens with zero attached hydrogens (tertiary/aromatic N) is 3. The number of aromatic amines is 1. The summed E-state index contributed by atoms with van der Waals surface area (Å²) in [5.74, 6) is 0.509. The molecule has 2 heterocycles. The van der Waals surface area contributed by atoms with Gasteiger partial charge in [0.25, 0.3) is 5.56 Å². The van der Waals surface area contributed by atoms with E-state index < -0.39 is 11.2 Å². The number of anilines is 2. The molecule has 0 saturated carbocycles. The van der Waals surface area contributed by atoms with Gasteiger partial charge in [-0.05, 0) is 49.8 Å². The van der Waals surface area contributed by atoms with Crippen LogP contribution in [0.25, 0.3) is 0 Å². The SMILES string of the molecule is COCCN(C(=O)CN1CCC(Cc2ccccc2)CC1)c1c(N)n(CC(C)C)c(=O)[nH]c1=O. The molecule has 9 heteroatoms. The zero-order chi connectivity index (χ0) is 24.7. The van der Waals surface area contributed by atoms with Crippen LogP contribution in [0.15, 0.2) is 39.9 Å². The molecule has 9 nitrogen and oxygen atoms in total. The number of carbonyl (C=O) groups is 1. The van der Waals surface area contributed by atoms with Gasteiger partial charge in [0.15, 0.2) is 5.69 Å². The Morgan fingerprint density at radius 2 is 1.88 bits per heavy atom. The quantitative estimate of drug-likeness (QED) is 0.545. The van der Waals surface area contributed by atoms with Crippen molar-refractivity contribution >= 4 is 17.4 Å². The van der Waals surface area contributed by atoms with Crippen molar-refractivity contribution in [2.45, 2.75) is 39.7 Å². The lowest BCUT2D eigenvalue weighted by Gasteiger charge is -2.33. The molecule has 0 atom stereocenters. The predicted molar refractivity (Wildman–Crippen MR) is 134 cm³/mol. The standard InChI is InChI=1S/C25H37N5O4/c1-18(2)16-30-23(26)22(24(32)27-25(30)33)29(13-14-34-3)21(31)17-28-11-9-20(10-12-28)15-19-7-5-4-6-8-19/h4-8,18,20H,9-17,26H2,1-3H3,(H,27,32,33). The largest absolute Gasteiger partial charge is 0.383 e. The molecule has 186 valence electrons. The first-order valence-electron chi connectivity index (χ1n) is 12.0. The maximum absolute atomic E-state index is 13.3. The van der Waals surface area contributed by atoms with Gasteiger partial charge in [-0.1, -0.05) is 44.2 Å². The molecule has 1 aromatic carbocycles. The molecule has 0 aliphatic carbocycles. The molecule has 3 N–H and O–H groups in total. The first-order chi connectivity index (χ1) is 16.3. The smallest absolute Gasteiger partial charge is 0.330 e. The number of hydrogen-bond acceptors (Lipinski definition) is 6. The molecule has 0 unspecified atom stereocenters. The minimum atomic E-state index is -0.659. The van der Waals surface area contributed by atoms with Crippen LogP contribution in [0, 0.1) is 11.8 Å². The molecule has 1 fully saturated rings. The zero-order valence-corrected chi connectivity index (χ0v) is 20.5. The highest BCUT2D eigenvalue weighted by molar-refractivity contribution is 5.96. The van der Waals surface area contributed by atoms with E-state index in [9.17, 15) is 14.4 Å². The predicted octanol–water partition coefficient (Wildman–Crippen LogP) is 1.71. The number of likely N-dealkylation sites (tertiary alicyclic amines) is 1. The molecule has 0 radical (unpaired) electrons. The number of nitrogens with two attached hydrogens (primary N) is 1. The molecule has 0 bridgehead atoms.